The number of hydrogen-bond acceptors (Lipinski definition) is 5. The summed E-state index contributed by atoms with van der Waals surface area (Å²) in [6.07, 6.45) is -1.19. The summed E-state index contributed by atoms with van der Waals surface area (Å²) in [6.45, 7) is 5.27. The van der Waals surface area contributed by atoms with E-state index in [1.807, 2.05) is 14.1 Å². The highest BCUT2D eigenvalue weighted by atomic mass is 16.6. The first-order valence-corrected chi connectivity index (χ1v) is 5.58. The van der Waals surface area contributed by atoms with Crippen molar-refractivity contribution >= 4 is 0 Å². The Bertz CT molecular complexity index is 303. The molecule has 5 nitrogen and oxygen atoms in total. The normalized spacial score (nSPS) is 35.8. The summed E-state index contributed by atoms with van der Waals surface area (Å²) in [7, 11) is 3.64. The van der Waals surface area contributed by atoms with E-state index >= 15 is 0 Å². The number of rotatable bonds is 4. The molecule has 98 valence electrons. The largest absolute Gasteiger partial charge is 0.388 e. The Morgan fingerprint density at radius 1 is 1.35 bits per heavy atom. The van der Waals surface area contributed by atoms with Crippen LogP contribution in [0.2, 0.25) is 0 Å². The standard InChI is InChI=1S/C12H21NO4/c1-5-8(6-13(3)4)10(15)12-11(16)9(14)7(2)17-12/h5-7,9-12,14-16H,1H2,2-4H3/b8-6+/t7-,9-,10+,11-,12+/m0/s1. The molecule has 1 fully saturated rings. The van der Waals surface area contributed by atoms with Crippen LogP contribution in [0.5, 0.6) is 0 Å². The van der Waals surface area contributed by atoms with E-state index in [1.165, 1.54) is 6.08 Å². The smallest absolute Gasteiger partial charge is 0.117 e. The summed E-state index contributed by atoms with van der Waals surface area (Å²) >= 11 is 0. The van der Waals surface area contributed by atoms with Crippen LogP contribution in [0, 0.1) is 0 Å². The van der Waals surface area contributed by atoms with E-state index in [2.05, 4.69) is 6.58 Å². The van der Waals surface area contributed by atoms with Crippen molar-refractivity contribution in [1.82, 2.24) is 4.90 Å². The van der Waals surface area contributed by atoms with Crippen LogP contribution in [0.1, 0.15) is 6.92 Å². The number of hydrogen-bond donors (Lipinski definition) is 3. The number of aliphatic hydroxyl groups excluding tert-OH is 3. The molecular formula is C12H21NO4. The van der Waals surface area contributed by atoms with Crippen molar-refractivity contribution in [3.63, 3.8) is 0 Å². The Labute approximate surface area is 102 Å². The van der Waals surface area contributed by atoms with Crippen molar-refractivity contribution in [2.45, 2.75) is 37.4 Å². The van der Waals surface area contributed by atoms with Gasteiger partial charge in [0.2, 0.25) is 0 Å². The van der Waals surface area contributed by atoms with Gasteiger partial charge in [0.05, 0.1) is 6.10 Å². The molecule has 0 aromatic rings. The molecule has 5 heteroatoms. The highest BCUT2D eigenvalue weighted by Crippen LogP contribution is 2.26. The maximum absolute atomic E-state index is 10.1. The van der Waals surface area contributed by atoms with Crippen molar-refractivity contribution in [3.05, 3.63) is 24.4 Å². The second-order valence-corrected chi connectivity index (χ2v) is 4.53. The monoisotopic (exact) mass is 243 g/mol. The topological polar surface area (TPSA) is 73.2 Å². The number of ether oxygens (including phenoxy) is 1. The fourth-order valence-electron chi connectivity index (χ4n) is 1.88. The Kier molecular flexibility index (Phi) is 4.70. The lowest BCUT2D eigenvalue weighted by Gasteiger charge is -2.23. The van der Waals surface area contributed by atoms with E-state index in [9.17, 15) is 15.3 Å². The first kappa shape index (κ1) is 14.2. The van der Waals surface area contributed by atoms with Gasteiger partial charge in [0, 0.05) is 20.3 Å². The van der Waals surface area contributed by atoms with Crippen LogP contribution >= 0.6 is 0 Å². The molecule has 1 heterocycles. The number of nitrogens with zero attached hydrogens (tertiary/aromatic N) is 1. The molecule has 0 amide bonds. The average molecular weight is 243 g/mol. The second kappa shape index (κ2) is 5.64. The summed E-state index contributed by atoms with van der Waals surface area (Å²) in [6, 6.07) is 0. The SMILES string of the molecule is C=C/C(=C\N(C)C)[C@@H](O)[C@H]1O[C@@H](C)[C@H](O)[C@@H]1O. The van der Waals surface area contributed by atoms with E-state index in [4.69, 9.17) is 4.74 Å². The Hall–Kier alpha value is -0.880. The van der Waals surface area contributed by atoms with Crippen LogP contribution in [0.4, 0.5) is 0 Å². The van der Waals surface area contributed by atoms with Crippen molar-refractivity contribution in [3.8, 4) is 0 Å². The Morgan fingerprint density at radius 3 is 2.29 bits per heavy atom. The molecule has 0 saturated carbocycles. The van der Waals surface area contributed by atoms with Crippen LogP contribution in [-0.4, -0.2) is 64.8 Å². The minimum Gasteiger partial charge on any atom is -0.388 e. The molecule has 0 spiro atoms. The van der Waals surface area contributed by atoms with E-state index < -0.39 is 30.5 Å². The molecule has 0 bridgehead atoms. The number of aliphatic hydroxyl groups is 3. The Morgan fingerprint density at radius 2 is 1.94 bits per heavy atom. The van der Waals surface area contributed by atoms with Gasteiger partial charge in [-0.2, -0.15) is 0 Å². The molecule has 0 unspecified atom stereocenters. The van der Waals surface area contributed by atoms with Crippen LogP contribution in [0.25, 0.3) is 0 Å². The summed E-state index contributed by atoms with van der Waals surface area (Å²) in [5.74, 6) is 0. The molecule has 1 saturated heterocycles. The first-order chi connectivity index (χ1) is 7.88. The minimum absolute atomic E-state index is 0.491. The third kappa shape index (κ3) is 3.07. The van der Waals surface area contributed by atoms with Crippen LogP contribution < -0.4 is 0 Å². The highest BCUT2D eigenvalue weighted by molar-refractivity contribution is 5.23. The van der Waals surface area contributed by atoms with Crippen LogP contribution in [-0.2, 0) is 4.74 Å². The van der Waals surface area contributed by atoms with E-state index in [0.29, 0.717) is 5.57 Å². The predicted molar refractivity (Wildman–Crippen MR) is 64.3 cm³/mol. The van der Waals surface area contributed by atoms with Gasteiger partial charge < -0.3 is 25.0 Å². The van der Waals surface area contributed by atoms with Crippen LogP contribution in [0.3, 0.4) is 0 Å². The molecule has 0 aliphatic carbocycles. The van der Waals surface area contributed by atoms with Crippen molar-refractivity contribution < 1.29 is 20.1 Å². The summed E-state index contributed by atoms with van der Waals surface area (Å²) < 4.78 is 5.35. The van der Waals surface area contributed by atoms with Crippen molar-refractivity contribution in [2.24, 2.45) is 0 Å². The zero-order valence-electron chi connectivity index (χ0n) is 10.4. The van der Waals surface area contributed by atoms with Gasteiger partial charge in [-0.25, -0.2) is 0 Å². The lowest BCUT2D eigenvalue weighted by atomic mass is 9.99. The van der Waals surface area contributed by atoms with Crippen molar-refractivity contribution in [2.75, 3.05) is 14.1 Å². The zero-order chi connectivity index (χ0) is 13.2. The molecular weight excluding hydrogens is 222 g/mol. The lowest BCUT2D eigenvalue weighted by molar-refractivity contribution is -0.0473. The summed E-state index contributed by atoms with van der Waals surface area (Å²) in [5, 5.41) is 29.4. The molecule has 17 heavy (non-hydrogen) atoms. The molecule has 5 atom stereocenters. The fraction of sp³-hybridized carbons (Fsp3) is 0.667. The molecule has 0 radical (unpaired) electrons. The fourth-order valence-corrected chi connectivity index (χ4v) is 1.88. The summed E-state index contributed by atoms with van der Waals surface area (Å²) in [4.78, 5) is 1.77. The quantitative estimate of drug-likeness (QED) is 0.580. The average Bonchev–Trinajstić information content (AvgIpc) is 2.52. The van der Waals surface area contributed by atoms with Gasteiger partial charge in [0.1, 0.15) is 24.4 Å². The van der Waals surface area contributed by atoms with E-state index in [1.54, 1.807) is 18.0 Å². The van der Waals surface area contributed by atoms with Gasteiger partial charge in [-0.1, -0.05) is 12.7 Å². The third-order valence-corrected chi connectivity index (χ3v) is 2.83. The summed E-state index contributed by atoms with van der Waals surface area (Å²) in [5.41, 5.74) is 0.542. The van der Waals surface area contributed by atoms with E-state index in [-0.39, 0.29) is 0 Å². The lowest BCUT2D eigenvalue weighted by Crippen LogP contribution is -2.39. The van der Waals surface area contributed by atoms with E-state index in [0.717, 1.165) is 0 Å². The third-order valence-electron chi connectivity index (χ3n) is 2.83. The minimum atomic E-state index is -1.09. The van der Waals surface area contributed by atoms with Gasteiger partial charge in [0.15, 0.2) is 0 Å². The van der Waals surface area contributed by atoms with Gasteiger partial charge in [-0.05, 0) is 12.5 Å². The molecule has 3 N–H and O–H groups in total. The van der Waals surface area contributed by atoms with Gasteiger partial charge >= 0.3 is 0 Å². The van der Waals surface area contributed by atoms with Crippen molar-refractivity contribution in [1.29, 1.82) is 0 Å². The maximum atomic E-state index is 10.1. The molecule has 1 rings (SSSR count). The van der Waals surface area contributed by atoms with Gasteiger partial charge in [-0.15, -0.1) is 0 Å². The molecule has 1 aliphatic rings. The predicted octanol–water partition coefficient (Wildman–Crippen LogP) is -0.512. The molecule has 0 aromatic carbocycles. The maximum Gasteiger partial charge on any atom is 0.117 e. The Balaban J connectivity index is 2.82. The molecule has 1 aliphatic heterocycles. The zero-order valence-corrected chi connectivity index (χ0v) is 10.4. The highest BCUT2D eigenvalue weighted by Gasteiger charge is 2.44. The molecule has 0 aromatic heterocycles. The first-order valence-electron chi connectivity index (χ1n) is 5.58. The van der Waals surface area contributed by atoms with Gasteiger partial charge in [0.25, 0.3) is 0 Å². The van der Waals surface area contributed by atoms with Gasteiger partial charge in [-0.3, -0.25) is 0 Å². The second-order valence-electron chi connectivity index (χ2n) is 4.53. The van der Waals surface area contributed by atoms with Crippen LogP contribution in [0.15, 0.2) is 24.4 Å².